The lowest BCUT2D eigenvalue weighted by molar-refractivity contribution is -0.113. The van der Waals surface area contributed by atoms with E-state index in [1.807, 2.05) is 36.4 Å². The lowest BCUT2D eigenvalue weighted by atomic mass is 10.1. The molecule has 0 aliphatic heterocycles. The predicted octanol–water partition coefficient (Wildman–Crippen LogP) is 3.80. The van der Waals surface area contributed by atoms with E-state index in [9.17, 15) is 14.7 Å². The summed E-state index contributed by atoms with van der Waals surface area (Å²) in [6.07, 6.45) is 1.58. The summed E-state index contributed by atoms with van der Waals surface area (Å²) < 4.78 is 0. The van der Waals surface area contributed by atoms with Gasteiger partial charge in [-0.2, -0.15) is 0 Å². The molecule has 0 heterocycles. The number of hydrogen-bond acceptors (Lipinski definition) is 3. The third-order valence-corrected chi connectivity index (χ3v) is 3.79. The zero-order valence-corrected chi connectivity index (χ0v) is 14.4. The van der Waals surface area contributed by atoms with E-state index in [0.717, 1.165) is 5.56 Å². The summed E-state index contributed by atoms with van der Waals surface area (Å²) in [6.45, 7) is 0. The number of phenols is 1. The molecule has 0 spiro atoms. The Morgan fingerprint density at radius 1 is 0.778 bits per heavy atom. The van der Waals surface area contributed by atoms with Crippen LogP contribution < -0.4 is 10.6 Å². The average Bonchev–Trinajstić information content (AvgIpc) is 2.70. The first kappa shape index (κ1) is 17.9. The number of phenolic OH excluding ortho intramolecular Hbond substituents is 1. The van der Waals surface area contributed by atoms with Crippen LogP contribution >= 0.6 is 0 Å². The maximum Gasteiger partial charge on any atom is 0.272 e. The molecule has 3 aromatic carbocycles. The topological polar surface area (TPSA) is 78.4 Å². The molecule has 5 heteroatoms. The largest absolute Gasteiger partial charge is 0.506 e. The number of benzene rings is 3. The molecule has 0 bridgehead atoms. The average molecular weight is 358 g/mol. The Morgan fingerprint density at radius 3 is 2.04 bits per heavy atom. The van der Waals surface area contributed by atoms with E-state index in [1.54, 1.807) is 48.5 Å². The molecule has 134 valence electrons. The SMILES string of the molecule is O=C(Nc1ccccc1O)C(=Cc1ccccc1)NC(=O)c1ccccc1. The molecule has 27 heavy (non-hydrogen) atoms. The predicted molar refractivity (Wildman–Crippen MR) is 105 cm³/mol. The van der Waals surface area contributed by atoms with Gasteiger partial charge in [0.05, 0.1) is 5.69 Å². The fourth-order valence-corrected chi connectivity index (χ4v) is 2.43. The number of rotatable bonds is 5. The van der Waals surface area contributed by atoms with Gasteiger partial charge in [-0.3, -0.25) is 9.59 Å². The highest BCUT2D eigenvalue weighted by molar-refractivity contribution is 6.11. The molecule has 0 unspecified atom stereocenters. The van der Waals surface area contributed by atoms with Crippen LogP contribution in [0.3, 0.4) is 0 Å². The first-order valence-electron chi connectivity index (χ1n) is 8.36. The molecule has 0 radical (unpaired) electrons. The molecule has 0 aromatic heterocycles. The molecule has 2 amide bonds. The van der Waals surface area contributed by atoms with E-state index in [4.69, 9.17) is 0 Å². The Kier molecular flexibility index (Phi) is 5.64. The van der Waals surface area contributed by atoms with Gasteiger partial charge in [0, 0.05) is 5.56 Å². The van der Waals surface area contributed by atoms with E-state index in [2.05, 4.69) is 10.6 Å². The lowest BCUT2D eigenvalue weighted by Gasteiger charge is -2.12. The third-order valence-electron chi connectivity index (χ3n) is 3.79. The number of aromatic hydroxyl groups is 1. The van der Waals surface area contributed by atoms with E-state index in [1.165, 1.54) is 6.07 Å². The van der Waals surface area contributed by atoms with Crippen molar-refractivity contribution in [3.63, 3.8) is 0 Å². The molecule has 0 atom stereocenters. The molecule has 0 aliphatic rings. The van der Waals surface area contributed by atoms with Crippen LogP contribution in [0, 0.1) is 0 Å². The second-order valence-electron chi connectivity index (χ2n) is 5.76. The fraction of sp³-hybridized carbons (Fsp3) is 0. The van der Waals surface area contributed by atoms with Crippen LogP contribution in [0.1, 0.15) is 15.9 Å². The van der Waals surface area contributed by atoms with Crippen molar-refractivity contribution in [3.05, 3.63) is 102 Å². The number of carbonyl (C=O) groups excluding carboxylic acids is 2. The number of amides is 2. The monoisotopic (exact) mass is 358 g/mol. The summed E-state index contributed by atoms with van der Waals surface area (Å²) in [6, 6.07) is 24.2. The Morgan fingerprint density at radius 2 is 1.37 bits per heavy atom. The smallest absolute Gasteiger partial charge is 0.272 e. The number of hydrogen-bond donors (Lipinski definition) is 3. The highest BCUT2D eigenvalue weighted by Crippen LogP contribution is 2.22. The van der Waals surface area contributed by atoms with Crippen LogP contribution in [0.25, 0.3) is 6.08 Å². The first-order chi connectivity index (χ1) is 13.1. The quantitative estimate of drug-likeness (QED) is 0.479. The summed E-state index contributed by atoms with van der Waals surface area (Å²) in [5, 5.41) is 15.1. The maximum atomic E-state index is 12.7. The fourth-order valence-electron chi connectivity index (χ4n) is 2.43. The van der Waals surface area contributed by atoms with Gasteiger partial charge in [0.2, 0.25) is 0 Å². The van der Waals surface area contributed by atoms with E-state index in [0.29, 0.717) is 5.56 Å². The summed E-state index contributed by atoms with van der Waals surface area (Å²) in [5.41, 5.74) is 1.52. The van der Waals surface area contributed by atoms with Crippen molar-refractivity contribution in [1.29, 1.82) is 0 Å². The Hall–Kier alpha value is -3.86. The van der Waals surface area contributed by atoms with Crippen molar-refractivity contribution in [2.24, 2.45) is 0 Å². The van der Waals surface area contributed by atoms with Crippen LogP contribution in [0.4, 0.5) is 5.69 Å². The molecule has 5 nitrogen and oxygen atoms in total. The molecule has 0 fully saturated rings. The van der Waals surface area contributed by atoms with Crippen LogP contribution in [0.5, 0.6) is 5.75 Å². The molecule has 3 rings (SSSR count). The van der Waals surface area contributed by atoms with Gasteiger partial charge in [-0.05, 0) is 35.9 Å². The van der Waals surface area contributed by atoms with Crippen molar-refractivity contribution < 1.29 is 14.7 Å². The molecule has 0 saturated carbocycles. The Labute approximate surface area is 157 Å². The van der Waals surface area contributed by atoms with Crippen molar-refractivity contribution in [2.45, 2.75) is 0 Å². The van der Waals surface area contributed by atoms with Crippen molar-refractivity contribution >= 4 is 23.6 Å². The van der Waals surface area contributed by atoms with Crippen LogP contribution in [-0.2, 0) is 4.79 Å². The zero-order chi connectivity index (χ0) is 19.1. The minimum absolute atomic E-state index is 0.0562. The summed E-state index contributed by atoms with van der Waals surface area (Å²) >= 11 is 0. The third kappa shape index (κ3) is 4.83. The van der Waals surface area contributed by atoms with E-state index < -0.39 is 11.8 Å². The van der Waals surface area contributed by atoms with E-state index >= 15 is 0 Å². The van der Waals surface area contributed by atoms with Crippen molar-refractivity contribution in [3.8, 4) is 5.75 Å². The highest BCUT2D eigenvalue weighted by atomic mass is 16.3. The summed E-state index contributed by atoms with van der Waals surface area (Å²) in [5.74, 6) is -0.992. The van der Waals surface area contributed by atoms with Crippen LogP contribution in [0.15, 0.2) is 90.6 Å². The van der Waals surface area contributed by atoms with Gasteiger partial charge in [-0.15, -0.1) is 0 Å². The summed E-state index contributed by atoms with van der Waals surface area (Å²) in [7, 11) is 0. The first-order valence-corrected chi connectivity index (χ1v) is 8.36. The second-order valence-corrected chi connectivity index (χ2v) is 5.76. The van der Waals surface area contributed by atoms with Gasteiger partial charge >= 0.3 is 0 Å². The zero-order valence-electron chi connectivity index (χ0n) is 14.4. The number of anilines is 1. The Balaban J connectivity index is 1.88. The number of carbonyl (C=O) groups is 2. The van der Waals surface area contributed by atoms with Gasteiger partial charge in [0.15, 0.2) is 0 Å². The normalized spacial score (nSPS) is 10.9. The lowest BCUT2D eigenvalue weighted by Crippen LogP contribution is -2.30. The number of nitrogens with one attached hydrogen (secondary N) is 2. The van der Waals surface area contributed by atoms with Gasteiger partial charge < -0.3 is 15.7 Å². The van der Waals surface area contributed by atoms with Gasteiger partial charge in [-0.25, -0.2) is 0 Å². The molecule has 0 aliphatic carbocycles. The molecule has 3 N–H and O–H groups in total. The van der Waals surface area contributed by atoms with Crippen LogP contribution in [0.2, 0.25) is 0 Å². The second kappa shape index (κ2) is 8.49. The molecular formula is C22H18N2O3. The molecule has 3 aromatic rings. The van der Waals surface area contributed by atoms with Gasteiger partial charge in [0.25, 0.3) is 11.8 Å². The van der Waals surface area contributed by atoms with Crippen molar-refractivity contribution in [1.82, 2.24) is 5.32 Å². The Bertz CT molecular complexity index is 967. The maximum absolute atomic E-state index is 12.7. The summed E-state index contributed by atoms with van der Waals surface area (Å²) in [4.78, 5) is 25.2. The minimum Gasteiger partial charge on any atom is -0.506 e. The van der Waals surface area contributed by atoms with Gasteiger partial charge in [0.1, 0.15) is 11.4 Å². The van der Waals surface area contributed by atoms with Gasteiger partial charge in [-0.1, -0.05) is 60.7 Å². The molecule has 0 saturated heterocycles. The van der Waals surface area contributed by atoms with Crippen molar-refractivity contribution in [2.75, 3.05) is 5.32 Å². The molecular weight excluding hydrogens is 340 g/mol. The minimum atomic E-state index is -0.537. The van der Waals surface area contributed by atoms with E-state index in [-0.39, 0.29) is 17.1 Å². The van der Waals surface area contributed by atoms with Crippen LogP contribution in [-0.4, -0.2) is 16.9 Å². The number of para-hydroxylation sites is 2. The standard InChI is InChI=1S/C22H18N2O3/c25-20-14-8-7-13-18(20)23-22(27)19(15-16-9-3-1-4-10-16)24-21(26)17-11-5-2-6-12-17/h1-15,25H,(H,23,27)(H,24,26). The highest BCUT2D eigenvalue weighted by Gasteiger charge is 2.16.